The van der Waals surface area contributed by atoms with E-state index in [1.54, 1.807) is 30.3 Å². The molecule has 0 aliphatic rings. The maximum absolute atomic E-state index is 11.7. The lowest BCUT2D eigenvalue weighted by atomic mass is 10.2. The van der Waals surface area contributed by atoms with E-state index in [0.29, 0.717) is 16.5 Å². The molecule has 5 nitrogen and oxygen atoms in total. The van der Waals surface area contributed by atoms with Gasteiger partial charge in [-0.1, -0.05) is 39.7 Å². The van der Waals surface area contributed by atoms with E-state index >= 15 is 0 Å². The number of halogens is 2. The van der Waals surface area contributed by atoms with Crippen LogP contribution in [0.15, 0.2) is 74.7 Å². The molecule has 0 bridgehead atoms. The van der Waals surface area contributed by atoms with Gasteiger partial charge < -0.3 is 9.15 Å². The van der Waals surface area contributed by atoms with Gasteiger partial charge in [0.1, 0.15) is 17.3 Å². The van der Waals surface area contributed by atoms with Gasteiger partial charge in [-0.15, -0.1) is 0 Å². The lowest BCUT2D eigenvalue weighted by molar-refractivity contribution is -0.123. The van der Waals surface area contributed by atoms with E-state index < -0.39 is 0 Å². The van der Waals surface area contributed by atoms with Gasteiger partial charge in [-0.25, -0.2) is 5.43 Å². The van der Waals surface area contributed by atoms with Gasteiger partial charge in [-0.3, -0.25) is 4.79 Å². The van der Waals surface area contributed by atoms with E-state index in [1.165, 1.54) is 6.21 Å². The molecule has 0 aliphatic heterocycles. The van der Waals surface area contributed by atoms with Gasteiger partial charge >= 0.3 is 0 Å². The largest absolute Gasteiger partial charge is 0.484 e. The molecule has 26 heavy (non-hydrogen) atoms. The van der Waals surface area contributed by atoms with E-state index in [0.717, 1.165) is 15.8 Å². The molecule has 0 aliphatic carbocycles. The van der Waals surface area contributed by atoms with Crippen molar-refractivity contribution in [1.29, 1.82) is 0 Å². The summed E-state index contributed by atoms with van der Waals surface area (Å²) in [6.45, 7) is -0.152. The smallest absolute Gasteiger partial charge is 0.277 e. The fourth-order valence-electron chi connectivity index (χ4n) is 2.07. The summed E-state index contributed by atoms with van der Waals surface area (Å²) in [5.41, 5.74) is 3.33. The number of hydrazone groups is 1. The Morgan fingerprint density at radius 2 is 1.85 bits per heavy atom. The van der Waals surface area contributed by atoms with E-state index in [9.17, 15) is 4.79 Å². The monoisotopic (exact) mass is 432 g/mol. The molecule has 3 aromatic rings. The Kier molecular flexibility index (Phi) is 6.09. The highest BCUT2D eigenvalue weighted by atomic mass is 79.9. The molecule has 132 valence electrons. The lowest BCUT2D eigenvalue weighted by Crippen LogP contribution is -2.24. The summed E-state index contributed by atoms with van der Waals surface area (Å²) >= 11 is 9.18. The SMILES string of the molecule is O=C(COc1ccc(Cl)cc1)N/N=C/c1ccc(-c2ccc(Br)cc2)o1. The number of carbonyl (C=O) groups excluding carboxylic acids is 1. The number of amides is 1. The van der Waals surface area contributed by atoms with Crippen LogP contribution in [0.5, 0.6) is 5.75 Å². The molecule has 0 unspecified atom stereocenters. The lowest BCUT2D eigenvalue weighted by Gasteiger charge is -2.04. The first-order valence-electron chi connectivity index (χ1n) is 7.66. The first-order valence-corrected chi connectivity index (χ1v) is 8.83. The standard InChI is InChI=1S/C19H14BrClN2O3/c20-14-3-1-13(2-4-14)18-10-9-17(26-18)11-22-23-19(24)12-25-16-7-5-15(21)6-8-16/h1-11H,12H2,(H,23,24)/b22-11+. The van der Waals surface area contributed by atoms with Crippen molar-refractivity contribution in [1.82, 2.24) is 5.43 Å². The van der Waals surface area contributed by atoms with E-state index in [-0.39, 0.29) is 12.5 Å². The van der Waals surface area contributed by atoms with Crippen molar-refractivity contribution in [3.05, 3.63) is 75.9 Å². The van der Waals surface area contributed by atoms with Crippen molar-refractivity contribution in [2.75, 3.05) is 6.61 Å². The second-order valence-corrected chi connectivity index (χ2v) is 6.60. The third-order valence-corrected chi connectivity index (χ3v) is 4.10. The van der Waals surface area contributed by atoms with Crippen LogP contribution < -0.4 is 10.2 Å². The minimum absolute atomic E-state index is 0.152. The normalized spacial score (nSPS) is 10.8. The molecule has 0 saturated heterocycles. The first kappa shape index (κ1) is 18.2. The molecule has 0 saturated carbocycles. The van der Waals surface area contributed by atoms with Crippen molar-refractivity contribution in [2.45, 2.75) is 0 Å². The minimum atomic E-state index is -0.379. The van der Waals surface area contributed by atoms with Crippen molar-refractivity contribution in [3.8, 4) is 17.1 Å². The Bertz CT molecular complexity index is 905. The summed E-state index contributed by atoms with van der Waals surface area (Å²) in [6, 6.07) is 18.1. The zero-order valence-corrected chi connectivity index (χ0v) is 15.8. The van der Waals surface area contributed by atoms with Gasteiger partial charge in [0.15, 0.2) is 6.61 Å². The molecule has 0 fully saturated rings. The molecule has 1 heterocycles. The number of benzene rings is 2. The van der Waals surface area contributed by atoms with Gasteiger partial charge in [-0.05, 0) is 48.5 Å². The van der Waals surface area contributed by atoms with Crippen LogP contribution in [0.3, 0.4) is 0 Å². The molecular weight excluding hydrogens is 420 g/mol. The Labute approximate surface area is 163 Å². The molecule has 1 N–H and O–H groups in total. The van der Waals surface area contributed by atoms with E-state index in [4.69, 9.17) is 20.8 Å². The van der Waals surface area contributed by atoms with Gasteiger partial charge in [0.2, 0.25) is 0 Å². The molecule has 0 radical (unpaired) electrons. The topological polar surface area (TPSA) is 63.8 Å². The third-order valence-electron chi connectivity index (χ3n) is 3.32. The number of rotatable bonds is 6. The summed E-state index contributed by atoms with van der Waals surface area (Å²) in [6.07, 6.45) is 1.43. The van der Waals surface area contributed by atoms with Gasteiger partial charge in [0.05, 0.1) is 6.21 Å². The highest BCUT2D eigenvalue weighted by molar-refractivity contribution is 9.10. The van der Waals surface area contributed by atoms with Crippen LogP contribution in [0.25, 0.3) is 11.3 Å². The fraction of sp³-hybridized carbons (Fsp3) is 0.0526. The predicted octanol–water partition coefficient (Wildman–Crippen LogP) is 4.89. The molecular formula is C19H14BrClN2O3. The number of carbonyl (C=O) groups is 1. The summed E-state index contributed by atoms with van der Waals surface area (Å²) in [4.78, 5) is 11.7. The number of nitrogens with zero attached hydrogens (tertiary/aromatic N) is 1. The van der Waals surface area contributed by atoms with Gasteiger partial charge in [0, 0.05) is 15.1 Å². The number of ether oxygens (including phenoxy) is 1. The quantitative estimate of drug-likeness (QED) is 0.444. The second-order valence-electron chi connectivity index (χ2n) is 5.24. The number of hydrogen-bond acceptors (Lipinski definition) is 4. The Balaban J connectivity index is 1.49. The first-order chi connectivity index (χ1) is 12.6. The number of nitrogens with one attached hydrogen (secondary N) is 1. The summed E-state index contributed by atoms with van der Waals surface area (Å²) in [5, 5.41) is 4.47. The highest BCUT2D eigenvalue weighted by Crippen LogP contribution is 2.23. The molecule has 0 spiro atoms. The van der Waals surface area contributed by atoms with Crippen molar-refractivity contribution in [2.24, 2.45) is 5.10 Å². The summed E-state index contributed by atoms with van der Waals surface area (Å²) in [7, 11) is 0. The van der Waals surface area contributed by atoms with Crippen LogP contribution in [-0.4, -0.2) is 18.7 Å². The molecule has 0 atom stereocenters. The van der Waals surface area contributed by atoms with Crippen LogP contribution in [-0.2, 0) is 4.79 Å². The highest BCUT2D eigenvalue weighted by Gasteiger charge is 2.04. The van der Waals surface area contributed by atoms with Crippen molar-refractivity contribution >= 4 is 39.7 Å². The van der Waals surface area contributed by atoms with Crippen LogP contribution in [0.1, 0.15) is 5.76 Å². The van der Waals surface area contributed by atoms with Crippen LogP contribution in [0.4, 0.5) is 0 Å². The molecule has 1 aromatic heterocycles. The zero-order chi connectivity index (χ0) is 18.4. The second kappa shape index (κ2) is 8.69. The minimum Gasteiger partial charge on any atom is -0.484 e. The van der Waals surface area contributed by atoms with Crippen LogP contribution in [0.2, 0.25) is 5.02 Å². The third kappa shape index (κ3) is 5.21. The number of furan rings is 1. The Morgan fingerprint density at radius 3 is 2.58 bits per heavy atom. The van der Waals surface area contributed by atoms with Crippen LogP contribution in [0, 0.1) is 0 Å². The fourth-order valence-corrected chi connectivity index (χ4v) is 2.46. The summed E-state index contributed by atoms with van der Waals surface area (Å²) < 4.78 is 12.0. The summed E-state index contributed by atoms with van der Waals surface area (Å²) in [5.74, 6) is 1.42. The molecule has 7 heteroatoms. The number of hydrogen-bond donors (Lipinski definition) is 1. The van der Waals surface area contributed by atoms with Crippen molar-refractivity contribution in [3.63, 3.8) is 0 Å². The molecule has 1 amide bonds. The molecule has 3 rings (SSSR count). The maximum atomic E-state index is 11.7. The maximum Gasteiger partial charge on any atom is 0.277 e. The van der Waals surface area contributed by atoms with Gasteiger partial charge in [0.25, 0.3) is 5.91 Å². The predicted molar refractivity (Wildman–Crippen MR) is 105 cm³/mol. The Hall–Kier alpha value is -2.57. The average molecular weight is 434 g/mol. The zero-order valence-electron chi connectivity index (χ0n) is 13.5. The average Bonchev–Trinajstić information content (AvgIpc) is 3.11. The van der Waals surface area contributed by atoms with E-state index in [1.807, 2.05) is 30.3 Å². The van der Waals surface area contributed by atoms with Crippen LogP contribution >= 0.6 is 27.5 Å². The Morgan fingerprint density at radius 1 is 1.12 bits per heavy atom. The van der Waals surface area contributed by atoms with Gasteiger partial charge in [-0.2, -0.15) is 5.10 Å². The van der Waals surface area contributed by atoms with Crippen molar-refractivity contribution < 1.29 is 13.9 Å². The molecule has 2 aromatic carbocycles. The van der Waals surface area contributed by atoms with E-state index in [2.05, 4.69) is 26.5 Å².